The summed E-state index contributed by atoms with van der Waals surface area (Å²) in [7, 11) is 1.67. The minimum Gasteiger partial charge on any atom is -0.385 e. The Bertz CT molecular complexity index is 229. The van der Waals surface area contributed by atoms with Gasteiger partial charge in [0, 0.05) is 26.8 Å². The van der Waals surface area contributed by atoms with Gasteiger partial charge in [-0.25, -0.2) is 0 Å². The second-order valence-electron chi connectivity index (χ2n) is 4.97. The van der Waals surface area contributed by atoms with Crippen LogP contribution in [-0.2, 0) is 9.53 Å². The number of hydrogen-bond donors (Lipinski definition) is 1. The molecule has 0 aromatic carbocycles. The van der Waals surface area contributed by atoms with Crippen LogP contribution in [0.2, 0.25) is 0 Å². The van der Waals surface area contributed by atoms with Crippen LogP contribution in [0.1, 0.15) is 39.0 Å². The molecule has 1 aliphatic carbocycles. The predicted octanol–water partition coefficient (Wildman–Crippen LogP) is 1.39. The number of nitrogens with two attached hydrogens (primary N) is 1. The number of carbonyl (C=O) groups excluding carboxylic acids is 1. The van der Waals surface area contributed by atoms with Crippen LogP contribution in [0.3, 0.4) is 0 Å². The van der Waals surface area contributed by atoms with E-state index in [-0.39, 0.29) is 11.9 Å². The molecule has 0 bridgehead atoms. The first-order valence-corrected chi connectivity index (χ1v) is 6.72. The predicted molar refractivity (Wildman–Crippen MR) is 68.7 cm³/mol. The molecule has 0 aromatic heterocycles. The Balaban J connectivity index is 2.33. The fraction of sp³-hybridized carbons (Fsp3) is 0.923. The zero-order chi connectivity index (χ0) is 12.7. The van der Waals surface area contributed by atoms with Crippen molar-refractivity contribution in [3.63, 3.8) is 0 Å². The molecule has 1 atom stereocenters. The maximum atomic E-state index is 12.2. The quantitative estimate of drug-likeness (QED) is 0.622. The smallest absolute Gasteiger partial charge is 0.239 e. The molecule has 100 valence electrons. The highest BCUT2D eigenvalue weighted by atomic mass is 16.5. The fourth-order valence-corrected chi connectivity index (χ4v) is 1.98. The van der Waals surface area contributed by atoms with Gasteiger partial charge in [0.15, 0.2) is 0 Å². The van der Waals surface area contributed by atoms with Crippen LogP contribution < -0.4 is 5.73 Å². The van der Waals surface area contributed by atoms with E-state index in [1.165, 1.54) is 12.8 Å². The van der Waals surface area contributed by atoms with Crippen LogP contribution in [0.25, 0.3) is 0 Å². The third-order valence-corrected chi connectivity index (χ3v) is 3.16. The highest BCUT2D eigenvalue weighted by molar-refractivity contribution is 5.81. The van der Waals surface area contributed by atoms with Crippen molar-refractivity contribution in [1.29, 1.82) is 0 Å². The lowest BCUT2D eigenvalue weighted by Gasteiger charge is -2.25. The Morgan fingerprint density at radius 3 is 2.76 bits per heavy atom. The highest BCUT2D eigenvalue weighted by Gasteiger charge is 2.28. The van der Waals surface area contributed by atoms with Crippen LogP contribution in [0.4, 0.5) is 0 Å². The highest BCUT2D eigenvalue weighted by Crippen LogP contribution is 2.29. The van der Waals surface area contributed by atoms with Crippen molar-refractivity contribution in [2.45, 2.75) is 45.1 Å². The first kappa shape index (κ1) is 14.5. The molecular weight excluding hydrogens is 216 g/mol. The van der Waals surface area contributed by atoms with Crippen LogP contribution >= 0.6 is 0 Å². The zero-order valence-electron chi connectivity index (χ0n) is 11.2. The van der Waals surface area contributed by atoms with Crippen molar-refractivity contribution in [3.05, 3.63) is 0 Å². The zero-order valence-corrected chi connectivity index (χ0v) is 11.2. The van der Waals surface area contributed by atoms with Gasteiger partial charge in [-0.1, -0.05) is 6.92 Å². The van der Waals surface area contributed by atoms with Gasteiger partial charge < -0.3 is 15.4 Å². The van der Waals surface area contributed by atoms with Crippen molar-refractivity contribution >= 4 is 5.91 Å². The molecule has 0 radical (unpaired) electrons. The Kier molecular flexibility index (Phi) is 6.52. The van der Waals surface area contributed by atoms with Gasteiger partial charge in [0.1, 0.15) is 0 Å². The van der Waals surface area contributed by atoms with Gasteiger partial charge >= 0.3 is 0 Å². The summed E-state index contributed by atoms with van der Waals surface area (Å²) in [5, 5.41) is 0. The molecule has 1 rings (SSSR count). The molecule has 2 N–H and O–H groups in total. The first-order valence-electron chi connectivity index (χ1n) is 6.72. The standard InChI is InChI=1S/C13H26N2O2/c1-3-8-15(10-11-6-7-11)13(16)12(14)5-4-9-17-2/h11-12H,3-10,14H2,1-2H3. The first-order chi connectivity index (χ1) is 8.19. The molecular formula is C13H26N2O2. The summed E-state index contributed by atoms with van der Waals surface area (Å²) in [6, 6.07) is -0.351. The number of hydrogen-bond acceptors (Lipinski definition) is 3. The Morgan fingerprint density at radius 2 is 2.24 bits per heavy atom. The van der Waals surface area contributed by atoms with Crippen LogP contribution in [0, 0.1) is 5.92 Å². The van der Waals surface area contributed by atoms with Gasteiger partial charge in [0.2, 0.25) is 5.91 Å². The van der Waals surface area contributed by atoms with E-state index in [0.717, 1.165) is 38.3 Å². The lowest BCUT2D eigenvalue weighted by molar-refractivity contribution is -0.133. The van der Waals surface area contributed by atoms with Gasteiger partial charge in [0.05, 0.1) is 6.04 Å². The minimum absolute atomic E-state index is 0.120. The molecule has 0 saturated heterocycles. The molecule has 1 amide bonds. The maximum absolute atomic E-state index is 12.2. The van der Waals surface area contributed by atoms with E-state index < -0.39 is 0 Å². The normalized spacial score (nSPS) is 16.9. The van der Waals surface area contributed by atoms with Crippen molar-refractivity contribution in [1.82, 2.24) is 4.90 Å². The summed E-state index contributed by atoms with van der Waals surface area (Å²) in [6.07, 6.45) is 5.12. The van der Waals surface area contributed by atoms with Gasteiger partial charge in [-0.3, -0.25) is 4.79 Å². The van der Waals surface area contributed by atoms with E-state index in [2.05, 4.69) is 6.92 Å². The monoisotopic (exact) mass is 242 g/mol. The summed E-state index contributed by atoms with van der Waals surface area (Å²) in [6.45, 7) is 4.53. The topological polar surface area (TPSA) is 55.6 Å². The second kappa shape index (κ2) is 7.67. The molecule has 4 heteroatoms. The van der Waals surface area contributed by atoms with Gasteiger partial charge in [-0.2, -0.15) is 0 Å². The fourth-order valence-electron chi connectivity index (χ4n) is 1.98. The third-order valence-electron chi connectivity index (χ3n) is 3.16. The summed E-state index contributed by atoms with van der Waals surface area (Å²) >= 11 is 0. The third kappa shape index (κ3) is 5.50. The average Bonchev–Trinajstić information content (AvgIpc) is 3.11. The van der Waals surface area contributed by atoms with E-state index >= 15 is 0 Å². The number of ether oxygens (including phenoxy) is 1. The maximum Gasteiger partial charge on any atom is 0.239 e. The van der Waals surface area contributed by atoms with Crippen LogP contribution in [0.5, 0.6) is 0 Å². The van der Waals surface area contributed by atoms with Crippen molar-refractivity contribution in [2.24, 2.45) is 11.7 Å². The summed E-state index contributed by atoms with van der Waals surface area (Å²) in [5.74, 6) is 0.853. The van der Waals surface area contributed by atoms with Crippen LogP contribution in [0.15, 0.2) is 0 Å². The van der Waals surface area contributed by atoms with Gasteiger partial charge in [-0.15, -0.1) is 0 Å². The number of rotatable bonds is 9. The van der Waals surface area contributed by atoms with Gasteiger partial charge in [0.25, 0.3) is 0 Å². The van der Waals surface area contributed by atoms with E-state index in [0.29, 0.717) is 6.61 Å². The summed E-state index contributed by atoms with van der Waals surface area (Å²) < 4.78 is 4.97. The van der Waals surface area contributed by atoms with Crippen molar-refractivity contribution in [3.8, 4) is 0 Å². The molecule has 0 aromatic rings. The number of nitrogens with zero attached hydrogens (tertiary/aromatic N) is 1. The van der Waals surface area contributed by atoms with Gasteiger partial charge in [-0.05, 0) is 38.0 Å². The van der Waals surface area contributed by atoms with Crippen LogP contribution in [-0.4, -0.2) is 43.7 Å². The molecule has 1 unspecified atom stereocenters. The molecule has 0 heterocycles. The molecule has 17 heavy (non-hydrogen) atoms. The number of methoxy groups -OCH3 is 1. The molecule has 1 saturated carbocycles. The molecule has 0 spiro atoms. The summed E-state index contributed by atoms with van der Waals surface area (Å²) in [4.78, 5) is 14.1. The largest absolute Gasteiger partial charge is 0.385 e. The molecule has 1 fully saturated rings. The molecule has 4 nitrogen and oxygen atoms in total. The lowest BCUT2D eigenvalue weighted by Crippen LogP contribution is -2.45. The Labute approximate surface area is 104 Å². The molecule has 0 aliphatic heterocycles. The Morgan fingerprint density at radius 1 is 1.53 bits per heavy atom. The van der Waals surface area contributed by atoms with Crippen molar-refractivity contribution < 1.29 is 9.53 Å². The Hall–Kier alpha value is -0.610. The minimum atomic E-state index is -0.351. The SMILES string of the molecule is CCCN(CC1CC1)C(=O)C(N)CCCOC. The van der Waals surface area contributed by atoms with Crippen molar-refractivity contribution in [2.75, 3.05) is 26.8 Å². The van der Waals surface area contributed by atoms with E-state index in [1.807, 2.05) is 4.90 Å². The second-order valence-corrected chi connectivity index (χ2v) is 4.97. The lowest BCUT2D eigenvalue weighted by atomic mass is 10.1. The molecule has 1 aliphatic rings. The van der Waals surface area contributed by atoms with E-state index in [4.69, 9.17) is 10.5 Å². The number of amides is 1. The average molecular weight is 242 g/mol. The van der Waals surface area contributed by atoms with E-state index in [1.54, 1.807) is 7.11 Å². The van der Waals surface area contributed by atoms with E-state index in [9.17, 15) is 4.79 Å². The number of carbonyl (C=O) groups is 1. The summed E-state index contributed by atoms with van der Waals surface area (Å²) in [5.41, 5.74) is 5.94.